The molecule has 190 valence electrons. The minimum Gasteiger partial charge on any atom is -0.352 e. The van der Waals surface area contributed by atoms with Gasteiger partial charge in [0.1, 0.15) is 6.04 Å². The van der Waals surface area contributed by atoms with E-state index in [1.165, 1.54) is 11.1 Å². The zero-order valence-electron chi connectivity index (χ0n) is 21.2. The third kappa shape index (κ3) is 8.42. The molecule has 0 aliphatic carbocycles. The van der Waals surface area contributed by atoms with Gasteiger partial charge in [-0.3, -0.25) is 9.59 Å². The fourth-order valence-corrected chi connectivity index (χ4v) is 5.13. The molecule has 3 rings (SSSR count). The summed E-state index contributed by atoms with van der Waals surface area (Å²) in [6.45, 7) is 6.42. The van der Waals surface area contributed by atoms with Gasteiger partial charge in [-0.05, 0) is 54.7 Å². The van der Waals surface area contributed by atoms with Crippen molar-refractivity contribution in [2.75, 3.05) is 5.75 Å². The molecule has 4 nitrogen and oxygen atoms in total. The largest absolute Gasteiger partial charge is 0.352 e. The minimum atomic E-state index is -0.632. The summed E-state index contributed by atoms with van der Waals surface area (Å²) >= 11 is 7.82. The molecular weight excluding hydrogens is 488 g/mol. The number of hydrogen-bond donors (Lipinski definition) is 1. The molecule has 3 aromatic rings. The van der Waals surface area contributed by atoms with Crippen molar-refractivity contribution in [1.82, 2.24) is 10.2 Å². The average molecular weight is 523 g/mol. The Labute approximate surface area is 224 Å². The van der Waals surface area contributed by atoms with Crippen molar-refractivity contribution in [1.29, 1.82) is 0 Å². The molecule has 0 bridgehead atoms. The van der Waals surface area contributed by atoms with E-state index in [4.69, 9.17) is 11.6 Å². The van der Waals surface area contributed by atoms with Gasteiger partial charge < -0.3 is 10.2 Å². The van der Waals surface area contributed by atoms with Crippen LogP contribution in [0.4, 0.5) is 0 Å². The molecule has 0 spiro atoms. The molecule has 3 aromatic carbocycles. The Balaban J connectivity index is 1.86. The Morgan fingerprint density at radius 3 is 2.36 bits per heavy atom. The third-order valence-electron chi connectivity index (χ3n) is 6.26. The number of carbonyl (C=O) groups is 2. The normalized spacial score (nSPS) is 12.6. The maximum Gasteiger partial charge on any atom is 0.243 e. The molecule has 0 aromatic heterocycles. The Bertz CT molecular complexity index is 1140. The molecule has 2 amide bonds. The van der Waals surface area contributed by atoms with Crippen LogP contribution < -0.4 is 5.32 Å². The van der Waals surface area contributed by atoms with Crippen LogP contribution in [0.1, 0.15) is 42.5 Å². The maximum absolute atomic E-state index is 13.7. The summed E-state index contributed by atoms with van der Waals surface area (Å²) in [6.07, 6.45) is 1.26. The van der Waals surface area contributed by atoms with E-state index in [0.717, 1.165) is 23.3 Å². The van der Waals surface area contributed by atoms with E-state index in [1.807, 2.05) is 80.6 Å². The summed E-state index contributed by atoms with van der Waals surface area (Å²) in [4.78, 5) is 28.9. The van der Waals surface area contributed by atoms with Crippen molar-refractivity contribution >= 4 is 35.2 Å². The van der Waals surface area contributed by atoms with Gasteiger partial charge in [0.05, 0.1) is 5.75 Å². The Morgan fingerprint density at radius 1 is 0.972 bits per heavy atom. The molecule has 6 heteroatoms. The third-order valence-corrected chi connectivity index (χ3v) is 7.46. The molecule has 0 saturated carbocycles. The fourth-order valence-electron chi connectivity index (χ4n) is 3.93. The van der Waals surface area contributed by atoms with Crippen molar-refractivity contribution in [3.05, 3.63) is 106 Å². The van der Waals surface area contributed by atoms with Gasteiger partial charge in [-0.2, -0.15) is 0 Å². The van der Waals surface area contributed by atoms with Crippen molar-refractivity contribution in [3.8, 4) is 0 Å². The van der Waals surface area contributed by atoms with Gasteiger partial charge in [0.2, 0.25) is 11.8 Å². The van der Waals surface area contributed by atoms with E-state index in [1.54, 1.807) is 16.7 Å². The number of thioether (sulfide) groups is 1. The van der Waals surface area contributed by atoms with Crippen LogP contribution in [-0.4, -0.2) is 34.6 Å². The van der Waals surface area contributed by atoms with Crippen LogP contribution in [0.15, 0.2) is 78.9 Å². The smallest absolute Gasteiger partial charge is 0.243 e. The number of carbonyl (C=O) groups excluding carboxylic acids is 2. The maximum atomic E-state index is 13.7. The zero-order valence-corrected chi connectivity index (χ0v) is 22.8. The van der Waals surface area contributed by atoms with Crippen molar-refractivity contribution < 1.29 is 9.59 Å². The van der Waals surface area contributed by atoms with E-state index in [0.29, 0.717) is 18.0 Å². The number of halogens is 1. The minimum absolute atomic E-state index is 0.0225. The van der Waals surface area contributed by atoms with Crippen molar-refractivity contribution in [3.63, 3.8) is 0 Å². The number of rotatable bonds is 12. The fraction of sp³-hybridized carbons (Fsp3) is 0.333. The number of nitrogens with zero attached hydrogens (tertiary/aromatic N) is 1. The summed E-state index contributed by atoms with van der Waals surface area (Å²) in [5.41, 5.74) is 4.34. The molecule has 0 heterocycles. The molecule has 0 aliphatic heterocycles. The predicted octanol–water partition coefficient (Wildman–Crippen LogP) is 6.44. The van der Waals surface area contributed by atoms with E-state index in [2.05, 4.69) is 24.4 Å². The quantitative estimate of drug-likeness (QED) is 0.298. The molecule has 0 unspecified atom stereocenters. The standard InChI is InChI=1S/C30H35ClN2O2S/c1-4-23(3)32-30(35)28(18-24-12-6-5-7-13-24)33(19-25-14-10-16-27(31)17-25)29(34)21-36-20-26-15-9-8-11-22(26)2/h5-17,23,28H,4,18-21H2,1-3H3,(H,32,35)/t23-,28+/m0/s1. The molecule has 0 radical (unpaired) electrons. The highest BCUT2D eigenvalue weighted by Gasteiger charge is 2.31. The van der Waals surface area contributed by atoms with Crippen LogP contribution >= 0.6 is 23.4 Å². The van der Waals surface area contributed by atoms with Crippen LogP contribution in [0.5, 0.6) is 0 Å². The highest BCUT2D eigenvalue weighted by Crippen LogP contribution is 2.21. The monoisotopic (exact) mass is 522 g/mol. The number of hydrogen-bond acceptors (Lipinski definition) is 3. The summed E-state index contributed by atoms with van der Waals surface area (Å²) in [5, 5.41) is 3.71. The lowest BCUT2D eigenvalue weighted by Crippen LogP contribution is -2.52. The second kappa shape index (κ2) is 14.1. The first-order chi connectivity index (χ1) is 17.4. The lowest BCUT2D eigenvalue weighted by Gasteiger charge is -2.32. The number of aryl methyl sites for hydroxylation is 1. The van der Waals surface area contributed by atoms with Crippen LogP contribution in [0.25, 0.3) is 0 Å². The van der Waals surface area contributed by atoms with Gasteiger partial charge in [-0.15, -0.1) is 11.8 Å². The van der Waals surface area contributed by atoms with Gasteiger partial charge in [-0.25, -0.2) is 0 Å². The lowest BCUT2D eigenvalue weighted by molar-refractivity contribution is -0.139. The van der Waals surface area contributed by atoms with Gasteiger partial charge in [0, 0.05) is 29.8 Å². The van der Waals surface area contributed by atoms with Crippen molar-refractivity contribution in [2.45, 2.75) is 58.0 Å². The predicted molar refractivity (Wildman–Crippen MR) is 151 cm³/mol. The van der Waals surface area contributed by atoms with Crippen molar-refractivity contribution in [2.24, 2.45) is 0 Å². The molecule has 2 atom stereocenters. The molecule has 0 aliphatic rings. The van der Waals surface area contributed by atoms with E-state index in [-0.39, 0.29) is 23.6 Å². The van der Waals surface area contributed by atoms with E-state index < -0.39 is 6.04 Å². The van der Waals surface area contributed by atoms with Crippen LogP contribution in [0.2, 0.25) is 5.02 Å². The first-order valence-electron chi connectivity index (χ1n) is 12.4. The summed E-state index contributed by atoms with van der Waals surface area (Å²) < 4.78 is 0. The molecule has 1 N–H and O–H groups in total. The van der Waals surface area contributed by atoms with Crippen LogP contribution in [0.3, 0.4) is 0 Å². The first kappa shape index (κ1) is 27.8. The summed E-state index contributed by atoms with van der Waals surface area (Å²) in [6, 6.07) is 25.0. The Hall–Kier alpha value is -2.76. The molecular formula is C30H35ClN2O2S. The Kier molecular flexibility index (Phi) is 10.9. The van der Waals surface area contributed by atoms with Gasteiger partial charge in [-0.1, -0.05) is 85.3 Å². The average Bonchev–Trinajstić information content (AvgIpc) is 2.87. The van der Waals surface area contributed by atoms with Gasteiger partial charge >= 0.3 is 0 Å². The number of amides is 2. The number of benzene rings is 3. The number of nitrogens with one attached hydrogen (secondary N) is 1. The molecule has 36 heavy (non-hydrogen) atoms. The van der Waals surface area contributed by atoms with E-state index >= 15 is 0 Å². The summed E-state index contributed by atoms with van der Waals surface area (Å²) in [7, 11) is 0. The Morgan fingerprint density at radius 2 is 1.67 bits per heavy atom. The SMILES string of the molecule is CC[C@H](C)NC(=O)[C@@H](Cc1ccccc1)N(Cc1cccc(Cl)c1)C(=O)CSCc1ccccc1C. The molecule has 0 saturated heterocycles. The zero-order chi connectivity index (χ0) is 25.9. The highest BCUT2D eigenvalue weighted by molar-refractivity contribution is 7.99. The summed E-state index contributed by atoms with van der Waals surface area (Å²) in [5.74, 6) is 0.837. The van der Waals surface area contributed by atoms with E-state index in [9.17, 15) is 9.59 Å². The topological polar surface area (TPSA) is 49.4 Å². The first-order valence-corrected chi connectivity index (χ1v) is 13.9. The highest BCUT2D eigenvalue weighted by atomic mass is 35.5. The van der Waals surface area contributed by atoms with Gasteiger partial charge in [0.25, 0.3) is 0 Å². The van der Waals surface area contributed by atoms with Gasteiger partial charge in [0.15, 0.2) is 0 Å². The van der Waals surface area contributed by atoms with Crippen LogP contribution in [-0.2, 0) is 28.3 Å². The second-order valence-electron chi connectivity index (χ2n) is 9.09. The lowest BCUT2D eigenvalue weighted by atomic mass is 10.0. The van der Waals surface area contributed by atoms with Crippen LogP contribution in [0, 0.1) is 6.92 Å². The molecule has 0 fully saturated rings. The second-order valence-corrected chi connectivity index (χ2v) is 10.5.